The molecule has 1 rings (SSSR count). The molecule has 1 aromatic rings. The maximum atomic E-state index is 11.3. The van der Waals surface area contributed by atoms with E-state index in [9.17, 15) is 4.79 Å². The Kier molecular flexibility index (Phi) is 4.52. The Morgan fingerprint density at radius 2 is 2.20 bits per heavy atom. The van der Waals surface area contributed by atoms with Crippen LogP contribution in [0.3, 0.4) is 0 Å². The minimum Gasteiger partial charge on any atom is -0.466 e. The summed E-state index contributed by atoms with van der Waals surface area (Å²) < 4.78 is 5.53. The lowest BCUT2D eigenvalue weighted by molar-refractivity contribution is -0.136. The molecule has 15 heavy (non-hydrogen) atoms. The number of nitrogens with two attached hydrogens (primary N) is 1. The molecule has 0 bridgehead atoms. The molecule has 4 heteroatoms. The number of halogens is 1. The molecule has 0 radical (unpaired) electrons. The first kappa shape index (κ1) is 11.9. The molecule has 0 amide bonds. The molecule has 0 aromatic heterocycles. The van der Waals surface area contributed by atoms with E-state index < -0.39 is 5.97 Å². The van der Waals surface area contributed by atoms with Gasteiger partial charge in [0.2, 0.25) is 0 Å². The molecule has 0 saturated carbocycles. The van der Waals surface area contributed by atoms with Crippen LogP contribution in [-0.2, 0) is 9.53 Å². The summed E-state index contributed by atoms with van der Waals surface area (Å²) in [6.07, 6.45) is 1.72. The summed E-state index contributed by atoms with van der Waals surface area (Å²) in [6, 6.07) is 7.59. The second-order valence-electron chi connectivity index (χ2n) is 2.89. The van der Waals surface area contributed by atoms with Gasteiger partial charge in [-0.25, -0.2) is 4.79 Å². The standard InChI is InChI=1S/C11H12BrNO2/c1-15-11(14)9(7-13)6-8-4-2-3-5-10(8)12/h2-6H,7,13H2,1H3/b9-6+. The van der Waals surface area contributed by atoms with Crippen LogP contribution in [0.5, 0.6) is 0 Å². The Balaban J connectivity index is 3.03. The number of hydrogen-bond donors (Lipinski definition) is 1. The van der Waals surface area contributed by atoms with Gasteiger partial charge in [0.1, 0.15) is 0 Å². The van der Waals surface area contributed by atoms with E-state index in [1.807, 2.05) is 24.3 Å². The normalized spacial score (nSPS) is 11.3. The van der Waals surface area contributed by atoms with E-state index in [1.54, 1.807) is 6.08 Å². The van der Waals surface area contributed by atoms with Gasteiger partial charge in [0.05, 0.1) is 12.7 Å². The summed E-state index contributed by atoms with van der Waals surface area (Å²) in [4.78, 5) is 11.3. The van der Waals surface area contributed by atoms with Gasteiger partial charge in [-0.1, -0.05) is 34.1 Å². The van der Waals surface area contributed by atoms with Crippen molar-refractivity contribution in [2.24, 2.45) is 5.73 Å². The summed E-state index contributed by atoms with van der Waals surface area (Å²) in [5.74, 6) is -0.395. The number of carbonyl (C=O) groups is 1. The van der Waals surface area contributed by atoms with E-state index in [-0.39, 0.29) is 6.54 Å². The van der Waals surface area contributed by atoms with Crippen molar-refractivity contribution in [2.45, 2.75) is 0 Å². The zero-order valence-corrected chi connectivity index (χ0v) is 9.95. The van der Waals surface area contributed by atoms with Crippen molar-refractivity contribution < 1.29 is 9.53 Å². The Morgan fingerprint density at radius 1 is 1.53 bits per heavy atom. The fourth-order valence-electron chi connectivity index (χ4n) is 1.11. The summed E-state index contributed by atoms with van der Waals surface area (Å²) in [5, 5.41) is 0. The van der Waals surface area contributed by atoms with E-state index in [1.165, 1.54) is 7.11 Å². The molecule has 0 spiro atoms. The zero-order valence-electron chi connectivity index (χ0n) is 8.37. The highest BCUT2D eigenvalue weighted by Crippen LogP contribution is 2.18. The van der Waals surface area contributed by atoms with Crippen molar-refractivity contribution >= 4 is 28.0 Å². The Hall–Kier alpha value is -1.13. The molecule has 2 N–H and O–H groups in total. The van der Waals surface area contributed by atoms with Gasteiger partial charge in [-0.05, 0) is 17.7 Å². The third-order valence-electron chi connectivity index (χ3n) is 1.90. The maximum Gasteiger partial charge on any atom is 0.335 e. The number of methoxy groups -OCH3 is 1. The van der Waals surface area contributed by atoms with E-state index in [0.29, 0.717) is 5.57 Å². The second-order valence-corrected chi connectivity index (χ2v) is 3.74. The van der Waals surface area contributed by atoms with Gasteiger partial charge in [0, 0.05) is 11.0 Å². The molecule has 1 aromatic carbocycles. The monoisotopic (exact) mass is 269 g/mol. The minimum absolute atomic E-state index is 0.161. The number of rotatable bonds is 3. The zero-order chi connectivity index (χ0) is 11.3. The quantitative estimate of drug-likeness (QED) is 0.674. The summed E-state index contributed by atoms with van der Waals surface area (Å²) in [5.41, 5.74) is 6.82. The van der Waals surface area contributed by atoms with Gasteiger partial charge in [-0.15, -0.1) is 0 Å². The van der Waals surface area contributed by atoms with Crippen LogP contribution in [-0.4, -0.2) is 19.6 Å². The van der Waals surface area contributed by atoms with Crippen molar-refractivity contribution in [1.29, 1.82) is 0 Å². The van der Waals surface area contributed by atoms with Crippen LogP contribution in [0.2, 0.25) is 0 Å². The maximum absolute atomic E-state index is 11.3. The van der Waals surface area contributed by atoms with Gasteiger partial charge in [0.25, 0.3) is 0 Å². The van der Waals surface area contributed by atoms with Gasteiger partial charge in [-0.3, -0.25) is 0 Å². The van der Waals surface area contributed by atoms with E-state index >= 15 is 0 Å². The molecular formula is C11H12BrNO2. The molecule has 0 fully saturated rings. The fraction of sp³-hybridized carbons (Fsp3) is 0.182. The van der Waals surface area contributed by atoms with Crippen molar-refractivity contribution in [3.8, 4) is 0 Å². The van der Waals surface area contributed by atoms with Crippen LogP contribution in [0.4, 0.5) is 0 Å². The van der Waals surface area contributed by atoms with Crippen LogP contribution in [0.15, 0.2) is 34.3 Å². The predicted octanol–water partition coefficient (Wildman–Crippen LogP) is 1.96. The molecule has 3 nitrogen and oxygen atoms in total. The van der Waals surface area contributed by atoms with Crippen LogP contribution in [0.25, 0.3) is 6.08 Å². The smallest absolute Gasteiger partial charge is 0.335 e. The van der Waals surface area contributed by atoms with Crippen molar-refractivity contribution in [2.75, 3.05) is 13.7 Å². The number of hydrogen-bond acceptors (Lipinski definition) is 3. The Labute approximate surface area is 97.0 Å². The highest BCUT2D eigenvalue weighted by Gasteiger charge is 2.07. The topological polar surface area (TPSA) is 52.3 Å². The van der Waals surface area contributed by atoms with Gasteiger partial charge < -0.3 is 10.5 Å². The highest BCUT2D eigenvalue weighted by molar-refractivity contribution is 9.10. The minimum atomic E-state index is -0.395. The van der Waals surface area contributed by atoms with Crippen molar-refractivity contribution in [1.82, 2.24) is 0 Å². The van der Waals surface area contributed by atoms with Crippen LogP contribution >= 0.6 is 15.9 Å². The average Bonchev–Trinajstić information content (AvgIpc) is 2.27. The molecule has 0 aliphatic rings. The third kappa shape index (κ3) is 3.18. The average molecular weight is 270 g/mol. The summed E-state index contributed by atoms with van der Waals surface area (Å²) >= 11 is 3.39. The van der Waals surface area contributed by atoms with Gasteiger partial charge >= 0.3 is 5.97 Å². The van der Waals surface area contributed by atoms with Crippen molar-refractivity contribution in [3.63, 3.8) is 0 Å². The van der Waals surface area contributed by atoms with Crippen LogP contribution < -0.4 is 5.73 Å². The lowest BCUT2D eigenvalue weighted by Crippen LogP contribution is -2.14. The number of esters is 1. The fourth-order valence-corrected chi connectivity index (χ4v) is 1.51. The van der Waals surface area contributed by atoms with E-state index in [4.69, 9.17) is 5.73 Å². The van der Waals surface area contributed by atoms with Gasteiger partial charge in [0.15, 0.2) is 0 Å². The van der Waals surface area contributed by atoms with Crippen molar-refractivity contribution in [3.05, 3.63) is 39.9 Å². The molecule has 0 aliphatic carbocycles. The molecule has 80 valence electrons. The van der Waals surface area contributed by atoms with E-state index in [0.717, 1.165) is 10.0 Å². The predicted molar refractivity (Wildman–Crippen MR) is 63.2 cm³/mol. The molecule has 0 aliphatic heterocycles. The van der Waals surface area contributed by atoms with Gasteiger partial charge in [-0.2, -0.15) is 0 Å². The van der Waals surface area contributed by atoms with Crippen LogP contribution in [0, 0.1) is 0 Å². The number of ether oxygens (including phenoxy) is 1. The molecule has 0 unspecified atom stereocenters. The highest BCUT2D eigenvalue weighted by atomic mass is 79.9. The number of benzene rings is 1. The largest absolute Gasteiger partial charge is 0.466 e. The Morgan fingerprint density at radius 3 is 2.73 bits per heavy atom. The first-order valence-electron chi connectivity index (χ1n) is 4.42. The van der Waals surface area contributed by atoms with Crippen LogP contribution in [0.1, 0.15) is 5.56 Å². The number of carbonyl (C=O) groups excluding carboxylic acids is 1. The molecule has 0 saturated heterocycles. The molecule has 0 atom stereocenters. The second kappa shape index (κ2) is 5.68. The first-order valence-corrected chi connectivity index (χ1v) is 5.21. The molecular weight excluding hydrogens is 258 g/mol. The Bertz CT molecular complexity index is 388. The lowest BCUT2D eigenvalue weighted by Gasteiger charge is -2.03. The first-order chi connectivity index (χ1) is 7.19. The SMILES string of the molecule is COC(=O)/C(=C/c1ccccc1Br)CN. The summed E-state index contributed by atoms with van der Waals surface area (Å²) in [6.45, 7) is 0.161. The summed E-state index contributed by atoms with van der Waals surface area (Å²) in [7, 11) is 1.34. The lowest BCUT2D eigenvalue weighted by atomic mass is 10.1. The van der Waals surface area contributed by atoms with E-state index in [2.05, 4.69) is 20.7 Å². The molecule has 0 heterocycles. The third-order valence-corrected chi connectivity index (χ3v) is 2.62.